The number of hydrogen-bond donors (Lipinski definition) is 0. The Morgan fingerprint density at radius 2 is 1.00 bits per heavy atom. The third kappa shape index (κ3) is 6.14. The van der Waals surface area contributed by atoms with Gasteiger partial charge in [-0.1, -0.05) is 46.4 Å². The smallest absolute Gasteiger partial charge is 0.272 e. The van der Waals surface area contributed by atoms with Gasteiger partial charge in [0.25, 0.3) is 11.4 Å². The Hall–Kier alpha value is -3.18. The van der Waals surface area contributed by atoms with Crippen molar-refractivity contribution in [1.82, 2.24) is 0 Å². The maximum Gasteiger partial charge on any atom is 0.272 e. The van der Waals surface area contributed by atoms with Crippen LogP contribution in [0.5, 0.6) is 34.5 Å². The van der Waals surface area contributed by atoms with Gasteiger partial charge in [-0.2, -0.15) is 0 Å². The number of nitro groups is 2. The Kier molecular flexibility index (Phi) is 8.91. The topological polar surface area (TPSA) is 123 Å². The zero-order chi connectivity index (χ0) is 26.6. The first-order valence-electron chi connectivity index (χ1n) is 10.1. The number of ether oxygens (including phenoxy) is 4. The molecule has 0 fully saturated rings. The van der Waals surface area contributed by atoms with E-state index < -0.39 is 9.85 Å². The minimum absolute atomic E-state index is 0.0459. The molecule has 36 heavy (non-hydrogen) atoms. The lowest BCUT2D eigenvalue weighted by Crippen LogP contribution is -2.01. The van der Waals surface area contributed by atoms with E-state index in [1.807, 2.05) is 0 Å². The minimum atomic E-state index is -0.646. The normalized spacial score (nSPS) is 10.6. The van der Waals surface area contributed by atoms with Crippen molar-refractivity contribution in [3.8, 4) is 34.5 Å². The molecule has 3 aromatic carbocycles. The van der Waals surface area contributed by atoms with E-state index in [1.165, 1.54) is 12.1 Å². The van der Waals surface area contributed by atoms with Gasteiger partial charge in [-0.05, 0) is 13.8 Å². The Labute approximate surface area is 224 Å². The summed E-state index contributed by atoms with van der Waals surface area (Å²) < 4.78 is 23.1. The first-order valence-corrected chi connectivity index (χ1v) is 11.6. The van der Waals surface area contributed by atoms with Crippen LogP contribution in [0.25, 0.3) is 0 Å². The van der Waals surface area contributed by atoms with Crippen molar-refractivity contribution < 1.29 is 28.8 Å². The molecule has 0 heterocycles. The fraction of sp³-hybridized carbons (Fsp3) is 0.182. The van der Waals surface area contributed by atoms with Gasteiger partial charge in [0.15, 0.2) is 23.0 Å². The number of nitrogens with zero attached hydrogens (tertiary/aromatic N) is 2. The van der Waals surface area contributed by atoms with E-state index in [0.717, 1.165) is 24.3 Å². The molecule has 0 aromatic heterocycles. The molecule has 0 atom stereocenters. The quantitative estimate of drug-likeness (QED) is 0.173. The molecular formula is C22H16Cl4N2O8. The van der Waals surface area contributed by atoms with E-state index in [0.29, 0.717) is 0 Å². The van der Waals surface area contributed by atoms with Crippen molar-refractivity contribution in [2.75, 3.05) is 13.2 Å². The summed E-state index contributed by atoms with van der Waals surface area (Å²) in [5.74, 6) is 0.298. The minimum Gasteiger partial charge on any atom is -0.494 e. The number of hydrogen-bond acceptors (Lipinski definition) is 8. The van der Waals surface area contributed by atoms with E-state index in [-0.39, 0.29) is 79.2 Å². The molecule has 0 aliphatic heterocycles. The van der Waals surface area contributed by atoms with Crippen molar-refractivity contribution in [2.24, 2.45) is 0 Å². The first kappa shape index (κ1) is 27.4. The van der Waals surface area contributed by atoms with Gasteiger partial charge in [-0.15, -0.1) is 0 Å². The van der Waals surface area contributed by atoms with Crippen LogP contribution in [0.2, 0.25) is 20.1 Å². The molecule has 0 radical (unpaired) electrons. The molecule has 0 aliphatic carbocycles. The van der Waals surface area contributed by atoms with E-state index in [1.54, 1.807) is 13.8 Å². The molecule has 0 N–H and O–H groups in total. The zero-order valence-corrected chi connectivity index (χ0v) is 21.6. The van der Waals surface area contributed by atoms with Gasteiger partial charge < -0.3 is 18.9 Å². The van der Waals surface area contributed by atoms with E-state index in [4.69, 9.17) is 65.4 Å². The number of rotatable bonds is 10. The number of non-ortho nitro benzene ring substituents is 2. The Balaban J connectivity index is 2.14. The highest BCUT2D eigenvalue weighted by Gasteiger charge is 2.24. The van der Waals surface area contributed by atoms with Gasteiger partial charge in [0.1, 0.15) is 5.75 Å². The van der Waals surface area contributed by atoms with Crippen molar-refractivity contribution in [1.29, 1.82) is 0 Å². The monoisotopic (exact) mass is 576 g/mol. The molecule has 14 heteroatoms. The molecule has 0 aliphatic rings. The van der Waals surface area contributed by atoms with Gasteiger partial charge in [0.05, 0.1) is 43.2 Å². The summed E-state index contributed by atoms with van der Waals surface area (Å²) in [7, 11) is 0. The van der Waals surface area contributed by atoms with Crippen molar-refractivity contribution >= 4 is 57.8 Å². The molecule has 0 saturated heterocycles. The van der Waals surface area contributed by atoms with Crippen LogP contribution in [0.4, 0.5) is 11.4 Å². The van der Waals surface area contributed by atoms with Gasteiger partial charge in [-0.3, -0.25) is 20.2 Å². The SMILES string of the molecule is CCOc1cc(Oc2c(Cl)cc([N+](=O)[O-])cc2Cl)c(OCC)c(Oc2c(Cl)cc([N+](=O)[O-])cc2Cl)c1. The molecular weight excluding hydrogens is 562 g/mol. The van der Waals surface area contributed by atoms with Crippen LogP contribution in [0.15, 0.2) is 36.4 Å². The summed E-state index contributed by atoms with van der Waals surface area (Å²) in [5, 5.41) is 21.7. The molecule has 10 nitrogen and oxygen atoms in total. The molecule has 3 rings (SSSR count). The van der Waals surface area contributed by atoms with Crippen molar-refractivity contribution in [3.05, 3.63) is 76.7 Å². The molecule has 0 unspecified atom stereocenters. The standard InChI is InChI=1S/C22H16Cl4N2O8/c1-3-33-13-9-18(35-20-14(23)5-11(27(29)30)6-15(20)24)22(34-4-2)19(10-13)36-21-16(25)7-12(28(31)32)8-17(21)26/h5-10H,3-4H2,1-2H3. The highest BCUT2D eigenvalue weighted by atomic mass is 35.5. The second-order valence-electron chi connectivity index (χ2n) is 6.81. The van der Waals surface area contributed by atoms with Gasteiger partial charge in [0, 0.05) is 36.4 Å². The van der Waals surface area contributed by atoms with Crippen LogP contribution < -0.4 is 18.9 Å². The van der Waals surface area contributed by atoms with Crippen LogP contribution >= 0.6 is 46.4 Å². The first-order chi connectivity index (χ1) is 17.0. The summed E-state index contributed by atoms with van der Waals surface area (Å²) in [6.45, 7) is 3.92. The molecule has 0 amide bonds. The van der Waals surface area contributed by atoms with Gasteiger partial charge in [0.2, 0.25) is 5.75 Å². The van der Waals surface area contributed by atoms with Gasteiger partial charge >= 0.3 is 0 Å². The Morgan fingerprint density at radius 3 is 1.31 bits per heavy atom. The van der Waals surface area contributed by atoms with E-state index >= 15 is 0 Å². The summed E-state index contributed by atoms with van der Waals surface area (Å²) >= 11 is 24.8. The largest absolute Gasteiger partial charge is 0.494 e. The fourth-order valence-corrected chi connectivity index (χ4v) is 4.06. The van der Waals surface area contributed by atoms with Crippen molar-refractivity contribution in [2.45, 2.75) is 13.8 Å². The zero-order valence-electron chi connectivity index (χ0n) is 18.6. The second-order valence-corrected chi connectivity index (χ2v) is 8.44. The van der Waals surface area contributed by atoms with Gasteiger partial charge in [-0.25, -0.2) is 0 Å². The maximum atomic E-state index is 11.1. The molecule has 0 saturated carbocycles. The number of nitro benzene ring substituents is 2. The molecule has 190 valence electrons. The number of benzene rings is 3. The van der Waals surface area contributed by atoms with Crippen LogP contribution in [-0.4, -0.2) is 23.1 Å². The van der Waals surface area contributed by atoms with Crippen molar-refractivity contribution in [3.63, 3.8) is 0 Å². The van der Waals surface area contributed by atoms with E-state index in [9.17, 15) is 20.2 Å². The predicted molar refractivity (Wildman–Crippen MR) is 135 cm³/mol. The highest BCUT2D eigenvalue weighted by molar-refractivity contribution is 6.38. The average molecular weight is 578 g/mol. The second kappa shape index (κ2) is 11.7. The lowest BCUT2D eigenvalue weighted by Gasteiger charge is -2.19. The molecule has 0 bridgehead atoms. The lowest BCUT2D eigenvalue weighted by atomic mass is 10.2. The van der Waals surface area contributed by atoms with Crippen LogP contribution in [-0.2, 0) is 0 Å². The maximum absolute atomic E-state index is 11.1. The van der Waals surface area contributed by atoms with Crippen LogP contribution in [0.3, 0.4) is 0 Å². The highest BCUT2D eigenvalue weighted by Crippen LogP contribution is 2.49. The molecule has 3 aromatic rings. The van der Waals surface area contributed by atoms with Crippen LogP contribution in [0, 0.1) is 20.2 Å². The Morgan fingerprint density at radius 1 is 0.639 bits per heavy atom. The predicted octanol–water partition coefficient (Wildman–Crippen LogP) is 8.50. The average Bonchev–Trinajstić information content (AvgIpc) is 2.80. The van der Waals surface area contributed by atoms with Crippen LogP contribution in [0.1, 0.15) is 13.8 Å². The lowest BCUT2D eigenvalue weighted by molar-refractivity contribution is -0.385. The third-order valence-electron chi connectivity index (χ3n) is 4.41. The molecule has 0 spiro atoms. The summed E-state index contributed by atoms with van der Waals surface area (Å²) in [6, 6.07) is 7.31. The van der Waals surface area contributed by atoms with E-state index in [2.05, 4.69) is 0 Å². The summed E-state index contributed by atoms with van der Waals surface area (Å²) in [5.41, 5.74) is -0.645. The Bertz CT molecular complexity index is 1200. The summed E-state index contributed by atoms with van der Waals surface area (Å²) in [4.78, 5) is 20.9. The summed E-state index contributed by atoms with van der Waals surface area (Å²) in [6.07, 6.45) is 0. The fourth-order valence-electron chi connectivity index (χ4n) is 2.96. The third-order valence-corrected chi connectivity index (χ3v) is 5.53. The number of halogens is 4.